The topological polar surface area (TPSA) is 80.7 Å². The second-order valence-electron chi connectivity index (χ2n) is 11.9. The van der Waals surface area contributed by atoms with Crippen molar-refractivity contribution in [2.45, 2.75) is 63.8 Å². The summed E-state index contributed by atoms with van der Waals surface area (Å²) in [5, 5.41) is 11.0. The summed E-state index contributed by atoms with van der Waals surface area (Å²) in [4.78, 5) is 17.1. The molecule has 1 fully saturated rings. The first-order valence-corrected chi connectivity index (χ1v) is 14.7. The second kappa shape index (κ2) is 15.7. The van der Waals surface area contributed by atoms with Gasteiger partial charge in [0, 0.05) is 31.7 Å². The number of aromatic hydroxyl groups is 1. The minimum Gasteiger partial charge on any atom is -0.508 e. The van der Waals surface area contributed by atoms with E-state index < -0.39 is 6.29 Å². The molecule has 0 aromatic heterocycles. The van der Waals surface area contributed by atoms with Crippen LogP contribution in [0.5, 0.6) is 5.75 Å². The summed E-state index contributed by atoms with van der Waals surface area (Å²) in [5.74, 6) is 0.315. The Morgan fingerprint density at radius 2 is 1.71 bits per heavy atom. The van der Waals surface area contributed by atoms with Gasteiger partial charge in [0.2, 0.25) is 5.91 Å². The van der Waals surface area contributed by atoms with Gasteiger partial charge in [0.05, 0.1) is 38.4 Å². The number of phenols is 1. The molecule has 1 saturated heterocycles. The second-order valence-corrected chi connectivity index (χ2v) is 11.9. The molecule has 41 heavy (non-hydrogen) atoms. The molecule has 0 aliphatic carbocycles. The molecule has 3 rings (SSSR count). The van der Waals surface area contributed by atoms with E-state index in [2.05, 4.69) is 42.3 Å². The van der Waals surface area contributed by atoms with Gasteiger partial charge in [-0.3, -0.25) is 4.79 Å². The minimum absolute atomic E-state index is 0.0272. The lowest BCUT2D eigenvalue weighted by Crippen LogP contribution is -2.42. The van der Waals surface area contributed by atoms with Crippen LogP contribution in [0.3, 0.4) is 0 Å². The predicted octanol–water partition coefficient (Wildman–Crippen LogP) is 4.62. The molecule has 0 radical (unpaired) electrons. The zero-order valence-electron chi connectivity index (χ0n) is 25.9. The van der Waals surface area contributed by atoms with Crippen LogP contribution in [0.15, 0.2) is 48.5 Å². The standard InChI is InChI=1S/C33H50N2O6/c1-32(2,3)41-23-20-35(25-31(38-5)39-6)30(37)15-22-40-21-14-26-12-13-29(36)28(24-26)33(16-18-34(4)19-17-33)27-10-8-7-9-11-27/h7-13,24,31,36H,14-23,25H2,1-6H3. The Morgan fingerprint density at radius 3 is 2.34 bits per heavy atom. The smallest absolute Gasteiger partial charge is 0.225 e. The molecule has 2 aromatic carbocycles. The number of rotatable bonds is 15. The fraction of sp³-hybridized carbons (Fsp3) is 0.606. The third kappa shape index (κ3) is 9.79. The van der Waals surface area contributed by atoms with Crippen molar-refractivity contribution in [1.82, 2.24) is 9.80 Å². The molecule has 0 bridgehead atoms. The maximum atomic E-state index is 13.0. The maximum Gasteiger partial charge on any atom is 0.225 e. The number of nitrogens with zero attached hydrogens (tertiary/aromatic N) is 2. The Labute approximate surface area is 246 Å². The van der Waals surface area contributed by atoms with Crippen LogP contribution in [-0.2, 0) is 35.6 Å². The lowest BCUT2D eigenvalue weighted by Gasteiger charge is -2.42. The van der Waals surface area contributed by atoms with E-state index in [4.69, 9.17) is 18.9 Å². The van der Waals surface area contributed by atoms with Crippen LogP contribution in [0.25, 0.3) is 0 Å². The number of benzene rings is 2. The minimum atomic E-state index is -0.498. The number of hydrogen-bond donors (Lipinski definition) is 1. The van der Waals surface area contributed by atoms with E-state index in [-0.39, 0.29) is 23.3 Å². The highest BCUT2D eigenvalue weighted by molar-refractivity contribution is 5.76. The molecule has 1 heterocycles. The van der Waals surface area contributed by atoms with E-state index in [1.807, 2.05) is 39.0 Å². The summed E-state index contributed by atoms with van der Waals surface area (Å²) >= 11 is 0. The largest absolute Gasteiger partial charge is 0.508 e. The van der Waals surface area contributed by atoms with Crippen LogP contribution in [0.1, 0.15) is 56.7 Å². The number of ether oxygens (including phenoxy) is 4. The molecule has 8 nitrogen and oxygen atoms in total. The third-order valence-electron chi connectivity index (χ3n) is 7.88. The molecule has 1 aliphatic heterocycles. The van der Waals surface area contributed by atoms with Crippen molar-refractivity contribution in [3.05, 3.63) is 65.2 Å². The summed E-state index contributed by atoms with van der Waals surface area (Å²) in [5.41, 5.74) is 2.86. The van der Waals surface area contributed by atoms with Gasteiger partial charge >= 0.3 is 0 Å². The fourth-order valence-corrected chi connectivity index (χ4v) is 5.41. The van der Waals surface area contributed by atoms with Gasteiger partial charge in [-0.15, -0.1) is 0 Å². The third-order valence-corrected chi connectivity index (χ3v) is 7.88. The quantitative estimate of drug-likeness (QED) is 0.247. The van der Waals surface area contributed by atoms with Gasteiger partial charge in [-0.05, 0) is 77.4 Å². The molecule has 2 aromatic rings. The van der Waals surface area contributed by atoms with Crippen LogP contribution < -0.4 is 0 Å². The van der Waals surface area contributed by atoms with Crippen molar-refractivity contribution in [3.63, 3.8) is 0 Å². The number of hydrogen-bond acceptors (Lipinski definition) is 7. The molecule has 0 spiro atoms. The van der Waals surface area contributed by atoms with Gasteiger partial charge in [-0.1, -0.05) is 42.5 Å². The van der Waals surface area contributed by atoms with Crippen LogP contribution >= 0.6 is 0 Å². The average Bonchev–Trinajstić information content (AvgIpc) is 2.96. The van der Waals surface area contributed by atoms with E-state index in [9.17, 15) is 9.90 Å². The van der Waals surface area contributed by atoms with Crippen molar-refractivity contribution in [2.24, 2.45) is 0 Å². The summed E-state index contributed by atoms with van der Waals surface area (Å²) < 4.78 is 22.4. The first kappa shape index (κ1) is 33.0. The number of methoxy groups -OCH3 is 2. The Kier molecular flexibility index (Phi) is 12.6. The van der Waals surface area contributed by atoms with Crippen LogP contribution in [0, 0.1) is 0 Å². The Hall–Kier alpha value is -2.49. The SMILES string of the molecule is COC(CN(CCOC(C)(C)C)C(=O)CCOCCc1ccc(O)c(C2(c3ccccc3)CCN(C)CC2)c1)OC. The van der Waals surface area contributed by atoms with Gasteiger partial charge in [-0.2, -0.15) is 0 Å². The molecule has 228 valence electrons. The highest BCUT2D eigenvalue weighted by atomic mass is 16.7. The first-order chi connectivity index (χ1) is 19.6. The lowest BCUT2D eigenvalue weighted by molar-refractivity contribution is -0.148. The number of piperidine rings is 1. The number of carbonyl (C=O) groups is 1. The van der Waals surface area contributed by atoms with Crippen LogP contribution in [0.4, 0.5) is 0 Å². The van der Waals surface area contributed by atoms with Crippen molar-refractivity contribution in [3.8, 4) is 5.75 Å². The van der Waals surface area contributed by atoms with Gasteiger partial charge < -0.3 is 33.9 Å². The molecule has 1 aliphatic rings. The van der Waals surface area contributed by atoms with E-state index >= 15 is 0 Å². The average molecular weight is 571 g/mol. The summed E-state index contributed by atoms with van der Waals surface area (Å²) in [7, 11) is 5.28. The van der Waals surface area contributed by atoms with Crippen molar-refractivity contribution in [2.75, 3.05) is 67.3 Å². The molecule has 0 unspecified atom stereocenters. The molecule has 0 atom stereocenters. The Morgan fingerprint density at radius 1 is 1.02 bits per heavy atom. The molecule has 0 saturated carbocycles. The van der Waals surface area contributed by atoms with Crippen molar-refractivity contribution >= 4 is 5.91 Å². The highest BCUT2D eigenvalue weighted by Crippen LogP contribution is 2.45. The fourth-order valence-electron chi connectivity index (χ4n) is 5.41. The van der Waals surface area contributed by atoms with Gasteiger partial charge in [0.1, 0.15) is 5.75 Å². The van der Waals surface area contributed by atoms with Crippen molar-refractivity contribution < 1.29 is 28.8 Å². The summed E-state index contributed by atoms with van der Waals surface area (Å²) in [6.45, 7) is 9.96. The molecule has 1 N–H and O–H groups in total. The maximum absolute atomic E-state index is 13.0. The number of likely N-dealkylation sites (tertiary alicyclic amines) is 1. The molecule has 1 amide bonds. The molecule has 8 heteroatoms. The molecular formula is C33H50N2O6. The van der Waals surface area contributed by atoms with E-state index in [0.717, 1.165) is 37.1 Å². The zero-order chi connectivity index (χ0) is 29.9. The number of amides is 1. The zero-order valence-corrected chi connectivity index (χ0v) is 25.9. The van der Waals surface area contributed by atoms with Crippen LogP contribution in [0.2, 0.25) is 0 Å². The predicted molar refractivity (Wildman–Crippen MR) is 161 cm³/mol. The monoisotopic (exact) mass is 570 g/mol. The highest BCUT2D eigenvalue weighted by Gasteiger charge is 2.39. The number of phenolic OH excluding ortho intramolecular Hbond substituents is 1. The van der Waals surface area contributed by atoms with E-state index in [0.29, 0.717) is 45.1 Å². The summed E-state index contributed by atoms with van der Waals surface area (Å²) in [6.07, 6.45) is 2.37. The van der Waals surface area contributed by atoms with E-state index in [1.54, 1.807) is 19.1 Å². The Balaban J connectivity index is 1.58. The first-order valence-electron chi connectivity index (χ1n) is 14.7. The lowest BCUT2D eigenvalue weighted by atomic mass is 9.67. The van der Waals surface area contributed by atoms with Gasteiger partial charge in [-0.25, -0.2) is 0 Å². The van der Waals surface area contributed by atoms with Crippen molar-refractivity contribution in [1.29, 1.82) is 0 Å². The summed E-state index contributed by atoms with van der Waals surface area (Å²) in [6, 6.07) is 16.5. The number of carbonyl (C=O) groups excluding carboxylic acids is 1. The molecular weight excluding hydrogens is 520 g/mol. The van der Waals surface area contributed by atoms with Gasteiger partial charge in [0.15, 0.2) is 6.29 Å². The normalized spacial score (nSPS) is 15.8. The van der Waals surface area contributed by atoms with Crippen LogP contribution in [-0.4, -0.2) is 100.0 Å². The van der Waals surface area contributed by atoms with Gasteiger partial charge in [0.25, 0.3) is 0 Å². The Bertz CT molecular complexity index is 1060. The van der Waals surface area contributed by atoms with E-state index in [1.165, 1.54) is 5.56 Å².